The summed E-state index contributed by atoms with van der Waals surface area (Å²) in [6, 6.07) is 12.4. The third-order valence-corrected chi connectivity index (χ3v) is 3.91. The van der Waals surface area contributed by atoms with Crippen molar-refractivity contribution in [3.8, 4) is 0 Å². The van der Waals surface area contributed by atoms with Crippen LogP contribution in [0, 0.1) is 3.57 Å². The van der Waals surface area contributed by atoms with Crippen LogP contribution in [0.15, 0.2) is 45.5 Å². The monoisotopic (exact) mass is 405 g/mol. The standard InChI is InChI=1S/C13H13BrINO/c1-2-16-13(11-7-8-12(14)17-11)9-5-3-4-6-10(9)15/h3-8,13,16H,2H2,1H3. The van der Waals surface area contributed by atoms with Gasteiger partial charge in [0.05, 0.1) is 6.04 Å². The minimum absolute atomic E-state index is 0.111. The highest BCUT2D eigenvalue weighted by molar-refractivity contribution is 14.1. The average molecular weight is 406 g/mol. The first kappa shape index (κ1) is 13.1. The molecule has 1 unspecified atom stereocenters. The van der Waals surface area contributed by atoms with Crippen LogP contribution < -0.4 is 5.32 Å². The van der Waals surface area contributed by atoms with Gasteiger partial charge < -0.3 is 9.73 Å². The third-order valence-electron chi connectivity index (χ3n) is 2.50. The molecule has 0 saturated heterocycles. The van der Waals surface area contributed by atoms with Gasteiger partial charge in [-0.1, -0.05) is 25.1 Å². The minimum Gasteiger partial charge on any atom is -0.452 e. The lowest BCUT2D eigenvalue weighted by Gasteiger charge is -2.17. The van der Waals surface area contributed by atoms with Crippen molar-refractivity contribution in [1.82, 2.24) is 5.32 Å². The number of benzene rings is 1. The van der Waals surface area contributed by atoms with Crippen molar-refractivity contribution in [2.24, 2.45) is 0 Å². The maximum atomic E-state index is 5.66. The van der Waals surface area contributed by atoms with Gasteiger partial charge in [-0.2, -0.15) is 0 Å². The molecule has 0 spiro atoms. The summed E-state index contributed by atoms with van der Waals surface area (Å²) in [6.07, 6.45) is 0. The molecule has 0 saturated carbocycles. The molecule has 17 heavy (non-hydrogen) atoms. The van der Waals surface area contributed by atoms with Gasteiger partial charge >= 0.3 is 0 Å². The van der Waals surface area contributed by atoms with Crippen molar-refractivity contribution in [3.05, 3.63) is 56.0 Å². The highest BCUT2D eigenvalue weighted by atomic mass is 127. The van der Waals surface area contributed by atoms with E-state index in [-0.39, 0.29) is 6.04 Å². The second kappa shape index (κ2) is 6.02. The van der Waals surface area contributed by atoms with Crippen molar-refractivity contribution >= 4 is 38.5 Å². The van der Waals surface area contributed by atoms with E-state index >= 15 is 0 Å². The minimum atomic E-state index is 0.111. The molecule has 2 nitrogen and oxygen atoms in total. The molecule has 90 valence electrons. The van der Waals surface area contributed by atoms with Crippen molar-refractivity contribution < 1.29 is 4.42 Å². The van der Waals surface area contributed by atoms with Crippen molar-refractivity contribution in [3.63, 3.8) is 0 Å². The Labute approximate surface area is 123 Å². The molecule has 0 fully saturated rings. The van der Waals surface area contributed by atoms with Gasteiger partial charge in [-0.3, -0.25) is 0 Å². The Kier molecular flexibility index (Phi) is 4.64. The van der Waals surface area contributed by atoms with E-state index < -0.39 is 0 Å². The van der Waals surface area contributed by atoms with Gasteiger partial charge in [0.1, 0.15) is 5.76 Å². The van der Waals surface area contributed by atoms with E-state index in [4.69, 9.17) is 4.42 Å². The maximum absolute atomic E-state index is 5.66. The zero-order valence-electron chi connectivity index (χ0n) is 9.41. The number of halogens is 2. The SMILES string of the molecule is CCNC(c1ccc(Br)o1)c1ccccc1I. The highest BCUT2D eigenvalue weighted by Crippen LogP contribution is 2.28. The van der Waals surface area contributed by atoms with Crippen LogP contribution in [0.5, 0.6) is 0 Å². The summed E-state index contributed by atoms with van der Waals surface area (Å²) in [4.78, 5) is 0. The van der Waals surface area contributed by atoms with Crippen molar-refractivity contribution in [2.45, 2.75) is 13.0 Å². The molecular formula is C13H13BrINO. The van der Waals surface area contributed by atoms with Crippen LogP contribution in [0.1, 0.15) is 24.3 Å². The van der Waals surface area contributed by atoms with Gasteiger partial charge in [0.2, 0.25) is 0 Å². The highest BCUT2D eigenvalue weighted by Gasteiger charge is 2.18. The smallest absolute Gasteiger partial charge is 0.169 e. The number of hydrogen-bond acceptors (Lipinski definition) is 2. The lowest BCUT2D eigenvalue weighted by molar-refractivity contribution is 0.437. The first-order chi connectivity index (χ1) is 8.22. The van der Waals surface area contributed by atoms with Crippen LogP contribution in [-0.4, -0.2) is 6.54 Å². The molecule has 0 bridgehead atoms. The first-order valence-corrected chi connectivity index (χ1v) is 7.32. The van der Waals surface area contributed by atoms with E-state index in [0.29, 0.717) is 0 Å². The summed E-state index contributed by atoms with van der Waals surface area (Å²) in [5.74, 6) is 0.933. The van der Waals surface area contributed by atoms with Gasteiger partial charge in [-0.15, -0.1) is 0 Å². The molecule has 2 rings (SSSR count). The van der Waals surface area contributed by atoms with E-state index in [9.17, 15) is 0 Å². The molecule has 1 aromatic heterocycles. The molecule has 0 aliphatic carbocycles. The Morgan fingerprint density at radius 2 is 2.06 bits per heavy atom. The maximum Gasteiger partial charge on any atom is 0.169 e. The molecule has 0 aliphatic heterocycles. The fraction of sp³-hybridized carbons (Fsp3) is 0.231. The molecule has 0 radical (unpaired) electrons. The summed E-state index contributed by atoms with van der Waals surface area (Å²) in [5, 5.41) is 3.45. The Morgan fingerprint density at radius 1 is 1.29 bits per heavy atom. The molecule has 1 aromatic carbocycles. The Hall–Kier alpha value is -0.330. The van der Waals surface area contributed by atoms with Gasteiger partial charge in [0.25, 0.3) is 0 Å². The Bertz CT molecular complexity index is 498. The molecule has 1 N–H and O–H groups in total. The van der Waals surface area contributed by atoms with Crippen LogP contribution >= 0.6 is 38.5 Å². The van der Waals surface area contributed by atoms with Gasteiger partial charge in [0.15, 0.2) is 4.67 Å². The first-order valence-electron chi connectivity index (χ1n) is 5.45. The zero-order chi connectivity index (χ0) is 12.3. The van der Waals surface area contributed by atoms with E-state index in [1.807, 2.05) is 18.2 Å². The predicted molar refractivity (Wildman–Crippen MR) is 81.1 cm³/mol. The molecule has 0 aliphatic rings. The second-order valence-electron chi connectivity index (χ2n) is 3.65. The van der Waals surface area contributed by atoms with Crippen LogP contribution in [0.3, 0.4) is 0 Å². The lowest BCUT2D eigenvalue weighted by atomic mass is 10.0. The van der Waals surface area contributed by atoms with Crippen LogP contribution in [0.2, 0.25) is 0 Å². The van der Waals surface area contributed by atoms with E-state index in [2.05, 4.69) is 69.0 Å². The predicted octanol–water partition coefficient (Wildman–Crippen LogP) is 4.35. The third kappa shape index (κ3) is 3.11. The molecule has 1 atom stereocenters. The summed E-state index contributed by atoms with van der Waals surface area (Å²) in [7, 11) is 0. The second-order valence-corrected chi connectivity index (χ2v) is 5.60. The summed E-state index contributed by atoms with van der Waals surface area (Å²) < 4.78 is 7.66. The van der Waals surface area contributed by atoms with Crippen LogP contribution in [0.25, 0.3) is 0 Å². The van der Waals surface area contributed by atoms with E-state index in [0.717, 1.165) is 17.0 Å². The number of rotatable bonds is 4. The summed E-state index contributed by atoms with van der Waals surface area (Å²) in [6.45, 7) is 2.99. The molecule has 1 heterocycles. The lowest BCUT2D eigenvalue weighted by Crippen LogP contribution is -2.22. The van der Waals surface area contributed by atoms with Gasteiger partial charge in [0, 0.05) is 3.57 Å². The molecular weight excluding hydrogens is 393 g/mol. The topological polar surface area (TPSA) is 25.2 Å². The van der Waals surface area contributed by atoms with Crippen molar-refractivity contribution in [1.29, 1.82) is 0 Å². The molecule has 4 heteroatoms. The average Bonchev–Trinajstić information content (AvgIpc) is 2.74. The summed E-state index contributed by atoms with van der Waals surface area (Å²) >= 11 is 5.70. The largest absolute Gasteiger partial charge is 0.452 e. The van der Waals surface area contributed by atoms with E-state index in [1.54, 1.807) is 0 Å². The van der Waals surface area contributed by atoms with Gasteiger partial charge in [-0.05, 0) is 68.8 Å². The van der Waals surface area contributed by atoms with Crippen LogP contribution in [-0.2, 0) is 0 Å². The quantitative estimate of drug-likeness (QED) is 0.765. The zero-order valence-corrected chi connectivity index (χ0v) is 13.2. The fourth-order valence-corrected chi connectivity index (χ4v) is 2.78. The Morgan fingerprint density at radius 3 is 2.65 bits per heavy atom. The van der Waals surface area contributed by atoms with Crippen LogP contribution in [0.4, 0.5) is 0 Å². The van der Waals surface area contributed by atoms with E-state index in [1.165, 1.54) is 9.13 Å². The number of furan rings is 1. The molecule has 2 aromatic rings. The summed E-state index contributed by atoms with van der Waals surface area (Å²) in [5.41, 5.74) is 1.25. The fourth-order valence-electron chi connectivity index (χ4n) is 1.76. The molecule has 0 amide bonds. The normalized spacial score (nSPS) is 12.6. The number of nitrogens with one attached hydrogen (secondary N) is 1. The Balaban J connectivity index is 2.39. The van der Waals surface area contributed by atoms with Gasteiger partial charge in [-0.25, -0.2) is 0 Å². The van der Waals surface area contributed by atoms with Crippen molar-refractivity contribution in [2.75, 3.05) is 6.54 Å². The number of hydrogen-bond donors (Lipinski definition) is 1.